The molecule has 3 fully saturated rings. The van der Waals surface area contributed by atoms with Crippen molar-refractivity contribution in [3.63, 3.8) is 0 Å². The molecule has 1 N–H and O–H groups in total. The van der Waals surface area contributed by atoms with Gasteiger partial charge in [0.25, 0.3) is 5.91 Å². The second-order valence-electron chi connectivity index (χ2n) is 7.69. The number of carbonyl (C=O) groups is 1. The zero-order valence-electron chi connectivity index (χ0n) is 14.0. The normalized spacial score (nSPS) is 30.7. The van der Waals surface area contributed by atoms with Crippen LogP contribution in [0, 0.1) is 17.8 Å². The molecule has 1 aromatic heterocycles. The molecule has 4 unspecified atom stereocenters. The van der Waals surface area contributed by atoms with Gasteiger partial charge in [0.1, 0.15) is 5.69 Å². The predicted molar refractivity (Wildman–Crippen MR) is 91.6 cm³/mol. The maximum Gasteiger partial charge on any atom is 0.270 e. The van der Waals surface area contributed by atoms with E-state index in [1.807, 2.05) is 12.1 Å². The van der Waals surface area contributed by atoms with Crippen LogP contribution in [0.4, 0.5) is 5.69 Å². The average molecular weight is 313 g/mol. The molecule has 4 heteroatoms. The molecule has 0 radical (unpaired) electrons. The molecule has 3 aliphatic rings. The molecule has 2 aliphatic carbocycles. The smallest absolute Gasteiger partial charge is 0.270 e. The maximum absolute atomic E-state index is 12.6. The molecule has 0 spiro atoms. The second-order valence-corrected chi connectivity index (χ2v) is 7.69. The van der Waals surface area contributed by atoms with Gasteiger partial charge < -0.3 is 10.2 Å². The first-order chi connectivity index (χ1) is 11.2. The summed E-state index contributed by atoms with van der Waals surface area (Å²) in [5, 5.41) is 3.22. The van der Waals surface area contributed by atoms with E-state index in [1.165, 1.54) is 38.5 Å². The molecule has 4 atom stereocenters. The van der Waals surface area contributed by atoms with Gasteiger partial charge in [0.15, 0.2) is 0 Å². The summed E-state index contributed by atoms with van der Waals surface area (Å²) >= 11 is 0. The number of rotatable bonds is 4. The van der Waals surface area contributed by atoms with Crippen LogP contribution < -0.4 is 10.2 Å². The summed E-state index contributed by atoms with van der Waals surface area (Å²) in [6.07, 6.45) is 9.70. The van der Waals surface area contributed by atoms with Gasteiger partial charge in [-0.2, -0.15) is 0 Å². The van der Waals surface area contributed by atoms with Crippen LogP contribution in [0.3, 0.4) is 0 Å². The topological polar surface area (TPSA) is 45.2 Å². The van der Waals surface area contributed by atoms with Crippen molar-refractivity contribution < 1.29 is 4.79 Å². The molecular formula is C19H27N3O. The van der Waals surface area contributed by atoms with Crippen molar-refractivity contribution >= 4 is 11.6 Å². The van der Waals surface area contributed by atoms with E-state index < -0.39 is 0 Å². The summed E-state index contributed by atoms with van der Waals surface area (Å²) in [6.45, 7) is 4.35. The van der Waals surface area contributed by atoms with Crippen LogP contribution in [0.5, 0.6) is 0 Å². The van der Waals surface area contributed by atoms with E-state index in [0.29, 0.717) is 11.6 Å². The van der Waals surface area contributed by atoms with Crippen molar-refractivity contribution in [2.75, 3.05) is 18.0 Å². The van der Waals surface area contributed by atoms with Crippen LogP contribution in [0.2, 0.25) is 0 Å². The lowest BCUT2D eigenvalue weighted by Gasteiger charge is -2.28. The summed E-state index contributed by atoms with van der Waals surface area (Å²) in [6, 6.07) is 4.23. The van der Waals surface area contributed by atoms with Crippen LogP contribution in [-0.2, 0) is 0 Å². The SMILES string of the molecule is CC(NC(=O)c1cc(N2CCCC2)ccn1)C1CC2CCC1C2. The van der Waals surface area contributed by atoms with Gasteiger partial charge in [0, 0.05) is 31.0 Å². The van der Waals surface area contributed by atoms with Crippen molar-refractivity contribution in [1.82, 2.24) is 10.3 Å². The van der Waals surface area contributed by atoms with E-state index in [0.717, 1.165) is 30.6 Å². The van der Waals surface area contributed by atoms with Gasteiger partial charge in [0.2, 0.25) is 0 Å². The highest BCUT2D eigenvalue weighted by Crippen LogP contribution is 2.49. The molecule has 2 bridgehead atoms. The Bertz CT molecular complexity index is 582. The minimum absolute atomic E-state index is 0.0127. The summed E-state index contributed by atoms with van der Waals surface area (Å²) < 4.78 is 0. The number of nitrogens with zero attached hydrogens (tertiary/aromatic N) is 2. The summed E-state index contributed by atoms with van der Waals surface area (Å²) in [5.41, 5.74) is 1.69. The number of anilines is 1. The summed E-state index contributed by atoms with van der Waals surface area (Å²) in [7, 11) is 0. The first-order valence-electron chi connectivity index (χ1n) is 9.22. The highest BCUT2D eigenvalue weighted by atomic mass is 16.1. The lowest BCUT2D eigenvalue weighted by atomic mass is 9.84. The van der Waals surface area contributed by atoms with Crippen molar-refractivity contribution in [2.45, 2.75) is 51.5 Å². The monoisotopic (exact) mass is 313 g/mol. The Labute approximate surface area is 138 Å². The number of amides is 1. The van der Waals surface area contributed by atoms with Crippen LogP contribution >= 0.6 is 0 Å². The molecular weight excluding hydrogens is 286 g/mol. The molecule has 4 nitrogen and oxygen atoms in total. The minimum Gasteiger partial charge on any atom is -0.371 e. The van der Waals surface area contributed by atoms with Crippen molar-refractivity contribution in [2.24, 2.45) is 17.8 Å². The Morgan fingerprint density at radius 1 is 1.30 bits per heavy atom. The van der Waals surface area contributed by atoms with Gasteiger partial charge in [0.05, 0.1) is 0 Å². The molecule has 23 heavy (non-hydrogen) atoms. The maximum atomic E-state index is 12.6. The van der Waals surface area contributed by atoms with E-state index in [9.17, 15) is 4.79 Å². The number of aromatic nitrogens is 1. The Morgan fingerprint density at radius 2 is 2.13 bits per heavy atom. The van der Waals surface area contributed by atoms with Crippen molar-refractivity contribution in [1.29, 1.82) is 0 Å². The molecule has 1 aliphatic heterocycles. The minimum atomic E-state index is -0.0127. The van der Waals surface area contributed by atoms with Gasteiger partial charge in [-0.1, -0.05) is 6.42 Å². The van der Waals surface area contributed by atoms with Crippen LogP contribution in [0.25, 0.3) is 0 Å². The van der Waals surface area contributed by atoms with Gasteiger partial charge in [-0.15, -0.1) is 0 Å². The molecule has 124 valence electrons. The predicted octanol–water partition coefficient (Wildman–Crippen LogP) is 3.24. The summed E-state index contributed by atoms with van der Waals surface area (Å²) in [5.74, 6) is 2.40. The zero-order chi connectivity index (χ0) is 15.8. The molecule has 1 saturated heterocycles. The number of pyridine rings is 1. The third-order valence-corrected chi connectivity index (χ3v) is 6.24. The van der Waals surface area contributed by atoms with Crippen molar-refractivity contribution in [3.8, 4) is 0 Å². The number of hydrogen-bond donors (Lipinski definition) is 1. The van der Waals surface area contributed by atoms with Gasteiger partial charge in [-0.25, -0.2) is 0 Å². The third-order valence-electron chi connectivity index (χ3n) is 6.24. The Hall–Kier alpha value is -1.58. The second kappa shape index (κ2) is 6.14. The fraction of sp³-hybridized carbons (Fsp3) is 0.684. The third kappa shape index (κ3) is 2.96. The van der Waals surface area contributed by atoms with Gasteiger partial charge in [-0.05, 0) is 68.9 Å². The highest BCUT2D eigenvalue weighted by molar-refractivity contribution is 5.93. The fourth-order valence-corrected chi connectivity index (χ4v) is 5.01. The number of carbonyl (C=O) groups excluding carboxylic acids is 1. The number of fused-ring (bicyclic) bond motifs is 2. The zero-order valence-corrected chi connectivity index (χ0v) is 14.0. The first-order valence-corrected chi connectivity index (χ1v) is 9.22. The quantitative estimate of drug-likeness (QED) is 0.928. The molecule has 1 aromatic rings. The molecule has 2 heterocycles. The van der Waals surface area contributed by atoms with E-state index in [1.54, 1.807) is 6.20 Å². The van der Waals surface area contributed by atoms with E-state index >= 15 is 0 Å². The Morgan fingerprint density at radius 3 is 2.83 bits per heavy atom. The van der Waals surface area contributed by atoms with Crippen LogP contribution in [0.1, 0.15) is 55.9 Å². The molecule has 4 rings (SSSR count). The standard InChI is InChI=1S/C19H27N3O/c1-13(17-11-14-4-5-15(17)10-14)21-19(23)18-12-16(6-7-20-18)22-8-2-3-9-22/h6-7,12-15,17H,2-5,8-11H2,1H3,(H,21,23). The average Bonchev–Trinajstić information content (AvgIpc) is 3.32. The number of nitrogens with one attached hydrogen (secondary N) is 1. The van der Waals surface area contributed by atoms with Crippen molar-refractivity contribution in [3.05, 3.63) is 24.0 Å². The molecule has 2 saturated carbocycles. The largest absolute Gasteiger partial charge is 0.371 e. The first kappa shape index (κ1) is 15.0. The summed E-state index contributed by atoms with van der Waals surface area (Å²) in [4.78, 5) is 19.2. The lowest BCUT2D eigenvalue weighted by Crippen LogP contribution is -2.40. The highest BCUT2D eigenvalue weighted by Gasteiger charge is 2.42. The van der Waals surface area contributed by atoms with Crippen LogP contribution in [-0.4, -0.2) is 30.0 Å². The molecule has 1 amide bonds. The van der Waals surface area contributed by atoms with Gasteiger partial charge in [-0.3, -0.25) is 9.78 Å². The van der Waals surface area contributed by atoms with Crippen LogP contribution in [0.15, 0.2) is 18.3 Å². The van der Waals surface area contributed by atoms with E-state index in [4.69, 9.17) is 0 Å². The van der Waals surface area contributed by atoms with E-state index in [-0.39, 0.29) is 11.9 Å². The number of hydrogen-bond acceptors (Lipinski definition) is 3. The molecule has 0 aromatic carbocycles. The Kier molecular flexibility index (Phi) is 4.00. The lowest BCUT2D eigenvalue weighted by molar-refractivity contribution is 0.0910. The fourth-order valence-electron chi connectivity index (χ4n) is 5.01. The Balaban J connectivity index is 1.41. The van der Waals surface area contributed by atoms with E-state index in [2.05, 4.69) is 22.1 Å². The van der Waals surface area contributed by atoms with Gasteiger partial charge >= 0.3 is 0 Å².